The number of nitro benzene ring substituents is 1. The van der Waals surface area contributed by atoms with Crippen LogP contribution in [0, 0.1) is 27.8 Å². The predicted octanol–water partition coefficient (Wildman–Crippen LogP) is 6.05. The Balaban J connectivity index is 0.00000417. The number of Topliss-reactive ketones (excluding diaryl/α,β-unsaturated/α-hetero) is 1. The maximum absolute atomic E-state index is 14.4. The first-order valence-corrected chi connectivity index (χ1v) is 22.5. The first kappa shape index (κ1) is 58.5. The fourth-order valence-corrected chi connectivity index (χ4v) is 7.61. The van der Waals surface area contributed by atoms with Crippen molar-refractivity contribution in [2.24, 2.45) is 11.8 Å². The maximum Gasteiger partial charge on any atom is 0.514 e. The molecule has 6 unspecified atom stereocenters. The summed E-state index contributed by atoms with van der Waals surface area (Å²) < 4.78 is 35.9. The van der Waals surface area contributed by atoms with Gasteiger partial charge in [-0.05, 0) is 62.8 Å². The fraction of sp³-hybridized carbons (Fsp3) is 0.617. The van der Waals surface area contributed by atoms with Gasteiger partial charge in [-0.1, -0.05) is 68.2 Å². The van der Waals surface area contributed by atoms with Crippen molar-refractivity contribution in [3.05, 3.63) is 70.0 Å². The van der Waals surface area contributed by atoms with Crippen LogP contribution in [-0.4, -0.2) is 147 Å². The van der Waals surface area contributed by atoms with Gasteiger partial charge in [-0.15, -0.1) is 0 Å². The minimum absolute atomic E-state index is 0.00415. The summed E-state index contributed by atoms with van der Waals surface area (Å²) in [6.45, 7) is 14.7. The van der Waals surface area contributed by atoms with E-state index in [1.54, 1.807) is 33.0 Å². The minimum Gasteiger partial charge on any atom is -0.429 e. The Morgan fingerprint density at radius 3 is 1.95 bits per heavy atom. The molecule has 2 aromatic carbocycles. The molecule has 1 heterocycles. The van der Waals surface area contributed by atoms with Crippen LogP contribution in [0.3, 0.4) is 0 Å². The standard InChI is InChI=1S/C42H59FN6O12.C3H8.C2H6/c1-10-11-32(47(7)37(52)23-45-41(54)38(25(2)3)46(5)6)35(58-8)21-36(51)48-24-31(61-42(55)60-30-18-16-29(17-19-30)49(56)57)20-33(48)39(59-9)26(4)40(53)44-22-34(50)27-12-14-28(43)15-13-27;1-3-2;1-2/h12-19,25-26,31-33,35,38-39H,10-11,20-24H2,1-9H3,(H,44,53)(H,45,54);3H2,1-2H3;1-2H3/t26?,31?,32-,33?,35?,38?,39?;;/m0../s1. The van der Waals surface area contributed by atoms with Crippen molar-refractivity contribution in [3.8, 4) is 5.75 Å². The number of methoxy groups -OCH3 is 2. The van der Waals surface area contributed by atoms with E-state index >= 15 is 0 Å². The van der Waals surface area contributed by atoms with E-state index < -0.39 is 83.4 Å². The van der Waals surface area contributed by atoms with E-state index in [4.69, 9.17) is 18.9 Å². The van der Waals surface area contributed by atoms with E-state index in [0.717, 1.165) is 24.3 Å². The number of amides is 4. The molecule has 0 bridgehead atoms. The number of ether oxygens (including phenoxy) is 4. The predicted molar refractivity (Wildman–Crippen MR) is 247 cm³/mol. The number of nitrogens with one attached hydrogen (secondary N) is 2. The van der Waals surface area contributed by atoms with E-state index in [1.807, 2.05) is 34.6 Å². The third kappa shape index (κ3) is 18.0. The SMILES string of the molecule is CC.CCC.CCC[C@@H](C(CC(=O)N1CC(OC(=O)Oc2ccc([N+](=O)[O-])cc2)CC1C(OC)C(C)C(=O)NCC(=O)c1ccc(F)cc1)OC)N(C)C(=O)CNC(=O)C(C(C)C)N(C)C. The van der Waals surface area contributed by atoms with E-state index in [0.29, 0.717) is 12.8 Å². The average Bonchev–Trinajstić information content (AvgIpc) is 3.69. The number of benzene rings is 2. The topological polar surface area (TPSA) is 216 Å². The van der Waals surface area contributed by atoms with Crippen LogP contribution in [0.25, 0.3) is 0 Å². The van der Waals surface area contributed by atoms with Crippen LogP contribution in [0.2, 0.25) is 0 Å². The molecule has 1 aliphatic heterocycles. The molecule has 1 aliphatic rings. The average molecular weight is 933 g/mol. The Morgan fingerprint density at radius 1 is 0.879 bits per heavy atom. The molecular weight excluding hydrogens is 860 g/mol. The Morgan fingerprint density at radius 2 is 1.45 bits per heavy atom. The van der Waals surface area contributed by atoms with Gasteiger partial charge in [0.1, 0.15) is 17.7 Å². The van der Waals surface area contributed by atoms with Gasteiger partial charge in [-0.2, -0.15) is 0 Å². The number of rotatable bonds is 22. The largest absolute Gasteiger partial charge is 0.514 e. The molecule has 0 aliphatic carbocycles. The lowest BCUT2D eigenvalue weighted by Crippen LogP contribution is -2.53. The molecule has 0 aromatic heterocycles. The van der Waals surface area contributed by atoms with Crippen molar-refractivity contribution >= 4 is 41.3 Å². The maximum atomic E-state index is 14.4. The molecule has 7 atom stereocenters. The summed E-state index contributed by atoms with van der Waals surface area (Å²) in [6.07, 6.45) is -1.81. The molecule has 2 N–H and O–H groups in total. The number of nitro groups is 1. The molecule has 3 rings (SSSR count). The Bertz CT molecular complexity index is 1840. The van der Waals surface area contributed by atoms with Crippen molar-refractivity contribution in [1.29, 1.82) is 0 Å². The van der Waals surface area contributed by atoms with Gasteiger partial charge >= 0.3 is 6.16 Å². The van der Waals surface area contributed by atoms with Crippen LogP contribution in [0.4, 0.5) is 14.9 Å². The van der Waals surface area contributed by atoms with Crippen LogP contribution < -0.4 is 15.4 Å². The zero-order valence-electron chi connectivity index (χ0n) is 41.0. The third-order valence-corrected chi connectivity index (χ3v) is 10.7. The Hall–Kier alpha value is -5.53. The quantitative estimate of drug-likeness (QED) is 0.0453. The summed E-state index contributed by atoms with van der Waals surface area (Å²) in [7, 11) is 7.93. The highest BCUT2D eigenvalue weighted by Crippen LogP contribution is 2.31. The van der Waals surface area contributed by atoms with Crippen LogP contribution >= 0.6 is 0 Å². The second kappa shape index (κ2) is 29.9. The van der Waals surface area contributed by atoms with Crippen molar-refractivity contribution < 1.29 is 57.0 Å². The summed E-state index contributed by atoms with van der Waals surface area (Å²) in [5, 5.41) is 16.4. The fourth-order valence-electron chi connectivity index (χ4n) is 7.61. The Kier molecular flexibility index (Phi) is 26.5. The van der Waals surface area contributed by atoms with Gasteiger partial charge in [0.2, 0.25) is 23.6 Å². The van der Waals surface area contributed by atoms with Crippen LogP contribution in [0.15, 0.2) is 48.5 Å². The molecule has 2 aromatic rings. The molecule has 19 heteroatoms. The molecule has 0 spiro atoms. The smallest absolute Gasteiger partial charge is 0.429 e. The highest BCUT2D eigenvalue weighted by Gasteiger charge is 2.46. The first-order chi connectivity index (χ1) is 31.2. The van der Waals surface area contributed by atoms with Crippen LogP contribution in [0.1, 0.15) is 97.9 Å². The van der Waals surface area contributed by atoms with Gasteiger partial charge in [0, 0.05) is 45.4 Å². The molecule has 18 nitrogen and oxygen atoms in total. The number of non-ortho nitro benzene ring substituents is 1. The molecule has 0 radical (unpaired) electrons. The normalized spacial score (nSPS) is 16.5. The molecule has 370 valence electrons. The van der Waals surface area contributed by atoms with Gasteiger partial charge in [0.15, 0.2) is 5.78 Å². The summed E-state index contributed by atoms with van der Waals surface area (Å²) in [5.41, 5.74) is -0.0178. The monoisotopic (exact) mass is 933 g/mol. The van der Waals surface area contributed by atoms with Gasteiger partial charge in [0.05, 0.1) is 67.2 Å². The number of likely N-dealkylation sites (N-methyl/N-ethyl adjacent to an activating group) is 2. The van der Waals surface area contributed by atoms with Gasteiger partial charge < -0.3 is 39.4 Å². The highest BCUT2D eigenvalue weighted by atomic mass is 19.1. The van der Waals surface area contributed by atoms with Crippen molar-refractivity contribution in [1.82, 2.24) is 25.3 Å². The first-order valence-electron chi connectivity index (χ1n) is 22.5. The molecule has 0 saturated carbocycles. The third-order valence-electron chi connectivity index (χ3n) is 10.7. The van der Waals surface area contributed by atoms with Gasteiger partial charge in [-0.3, -0.25) is 39.0 Å². The number of likely N-dealkylation sites (tertiary alicyclic amines) is 1. The summed E-state index contributed by atoms with van der Waals surface area (Å²) in [6, 6.07) is 7.75. The number of nitrogens with zero attached hydrogens (tertiary/aromatic N) is 4. The Labute approximate surface area is 389 Å². The van der Waals surface area contributed by atoms with E-state index in [1.165, 1.54) is 54.7 Å². The zero-order valence-corrected chi connectivity index (χ0v) is 41.0. The molecule has 4 amide bonds. The summed E-state index contributed by atoms with van der Waals surface area (Å²) >= 11 is 0. The second-order valence-electron chi connectivity index (χ2n) is 16.2. The lowest BCUT2D eigenvalue weighted by Gasteiger charge is -2.37. The van der Waals surface area contributed by atoms with Crippen LogP contribution in [-0.2, 0) is 33.4 Å². The number of ketones is 1. The van der Waals surface area contributed by atoms with E-state index in [2.05, 4.69) is 24.5 Å². The molecular formula is C47H73FN6O12. The van der Waals surface area contributed by atoms with Gasteiger partial charge in [0.25, 0.3) is 5.69 Å². The number of hydrogen-bond acceptors (Lipinski definition) is 13. The highest BCUT2D eigenvalue weighted by molar-refractivity contribution is 5.99. The zero-order chi connectivity index (χ0) is 50.3. The van der Waals surface area contributed by atoms with Crippen LogP contribution in [0.5, 0.6) is 5.75 Å². The van der Waals surface area contributed by atoms with Gasteiger partial charge in [-0.25, -0.2) is 9.18 Å². The summed E-state index contributed by atoms with van der Waals surface area (Å²) in [5.74, 6) is -3.69. The number of carbonyl (C=O) groups is 6. The van der Waals surface area contributed by atoms with E-state index in [9.17, 15) is 43.3 Å². The number of carbonyl (C=O) groups excluding carboxylic acids is 6. The second-order valence-corrected chi connectivity index (χ2v) is 16.2. The van der Waals surface area contributed by atoms with Crippen molar-refractivity contribution in [3.63, 3.8) is 0 Å². The van der Waals surface area contributed by atoms with E-state index in [-0.39, 0.29) is 60.7 Å². The van der Waals surface area contributed by atoms with Crippen molar-refractivity contribution in [2.75, 3.05) is 55.0 Å². The lowest BCUT2D eigenvalue weighted by atomic mass is 9.93. The summed E-state index contributed by atoms with van der Waals surface area (Å²) in [4.78, 5) is 95.1. The number of halogens is 1. The minimum atomic E-state index is -1.14. The molecule has 1 fully saturated rings. The molecule has 1 saturated heterocycles. The van der Waals surface area contributed by atoms with Crippen molar-refractivity contribution in [2.45, 2.75) is 124 Å². The number of hydrogen-bond donors (Lipinski definition) is 2. The molecule has 66 heavy (non-hydrogen) atoms. The lowest BCUT2D eigenvalue weighted by molar-refractivity contribution is -0.384.